The molecule has 50 valence electrons. The summed E-state index contributed by atoms with van der Waals surface area (Å²) < 4.78 is 1.10. The van der Waals surface area contributed by atoms with Crippen molar-refractivity contribution in [3.63, 3.8) is 0 Å². The molecule has 0 N–H and O–H groups in total. The van der Waals surface area contributed by atoms with Crippen molar-refractivity contribution < 1.29 is 0 Å². The Morgan fingerprint density at radius 1 is 1.50 bits per heavy atom. The van der Waals surface area contributed by atoms with Crippen LogP contribution in [-0.2, 0) is 6.32 Å². The summed E-state index contributed by atoms with van der Waals surface area (Å²) in [5, 5.41) is 0. The van der Waals surface area contributed by atoms with Gasteiger partial charge in [-0.1, -0.05) is 39.9 Å². The maximum atomic E-state index is 5.49. The van der Waals surface area contributed by atoms with Crippen molar-refractivity contribution in [1.82, 2.24) is 0 Å². The van der Waals surface area contributed by atoms with Crippen molar-refractivity contribution in [2.45, 2.75) is 13.2 Å². The van der Waals surface area contributed by atoms with Crippen LogP contribution < -0.4 is 0 Å². The summed E-state index contributed by atoms with van der Waals surface area (Å²) in [7, 11) is 5.49. The molecule has 0 aliphatic carbocycles. The molecule has 0 aliphatic rings. The highest BCUT2D eigenvalue weighted by Gasteiger charge is 1.94. The molecule has 0 spiro atoms. The topological polar surface area (TPSA) is 0 Å². The number of aryl methyl sites for hydroxylation is 1. The molecule has 1 rings (SSSR count). The lowest BCUT2D eigenvalue weighted by atomic mass is 9.96. The Morgan fingerprint density at radius 2 is 2.20 bits per heavy atom. The van der Waals surface area contributed by atoms with Crippen LogP contribution in [0.2, 0.25) is 0 Å². The van der Waals surface area contributed by atoms with Crippen LogP contribution in [0.3, 0.4) is 0 Å². The van der Waals surface area contributed by atoms with Crippen LogP contribution in [0.1, 0.15) is 11.1 Å². The molecule has 10 heavy (non-hydrogen) atoms. The van der Waals surface area contributed by atoms with Crippen LogP contribution in [0.5, 0.6) is 0 Å². The fourth-order valence-electron chi connectivity index (χ4n) is 0.860. The molecule has 0 saturated carbocycles. The molecule has 2 heteroatoms. The van der Waals surface area contributed by atoms with Crippen molar-refractivity contribution in [2.24, 2.45) is 0 Å². The Hall–Kier alpha value is -0.235. The highest BCUT2D eigenvalue weighted by Crippen LogP contribution is 2.17. The van der Waals surface area contributed by atoms with Gasteiger partial charge in [0.15, 0.2) is 0 Å². The van der Waals surface area contributed by atoms with E-state index < -0.39 is 0 Å². The van der Waals surface area contributed by atoms with Crippen molar-refractivity contribution >= 4 is 23.8 Å². The second-order valence-electron chi connectivity index (χ2n) is 2.30. The molecule has 0 amide bonds. The van der Waals surface area contributed by atoms with Crippen molar-refractivity contribution in [1.29, 1.82) is 0 Å². The third kappa shape index (κ3) is 1.63. The monoisotopic (exact) mass is 194 g/mol. The van der Waals surface area contributed by atoms with E-state index in [2.05, 4.69) is 35.0 Å². The highest BCUT2D eigenvalue weighted by molar-refractivity contribution is 9.10. The van der Waals surface area contributed by atoms with E-state index >= 15 is 0 Å². The Balaban J connectivity index is 3.09. The van der Waals surface area contributed by atoms with Gasteiger partial charge in [0.25, 0.3) is 0 Å². The maximum absolute atomic E-state index is 5.49. The largest absolute Gasteiger partial charge is 0.0717 e. The molecule has 0 heterocycles. The van der Waals surface area contributed by atoms with E-state index in [4.69, 9.17) is 7.85 Å². The van der Waals surface area contributed by atoms with Crippen molar-refractivity contribution in [3.05, 3.63) is 33.8 Å². The van der Waals surface area contributed by atoms with Crippen LogP contribution >= 0.6 is 15.9 Å². The quantitative estimate of drug-likeness (QED) is 0.603. The first kappa shape index (κ1) is 7.87. The number of rotatable bonds is 1. The number of hydrogen-bond acceptors (Lipinski definition) is 0. The predicted molar refractivity (Wildman–Crippen MR) is 48.3 cm³/mol. The van der Waals surface area contributed by atoms with Crippen LogP contribution in [-0.4, -0.2) is 7.85 Å². The summed E-state index contributed by atoms with van der Waals surface area (Å²) >= 11 is 3.41. The smallest absolute Gasteiger partial charge is 0.0632 e. The lowest BCUT2D eigenvalue weighted by molar-refractivity contribution is 1.32. The number of benzene rings is 1. The average Bonchev–Trinajstić information content (AvgIpc) is 1.94. The summed E-state index contributed by atoms with van der Waals surface area (Å²) in [4.78, 5) is 0. The van der Waals surface area contributed by atoms with Gasteiger partial charge in [-0.3, -0.25) is 0 Å². The second-order valence-corrected chi connectivity index (χ2v) is 3.15. The van der Waals surface area contributed by atoms with Gasteiger partial charge in [-0.05, 0) is 18.6 Å². The highest BCUT2D eigenvalue weighted by atomic mass is 79.9. The lowest BCUT2D eigenvalue weighted by Gasteiger charge is -2.00. The van der Waals surface area contributed by atoms with Gasteiger partial charge in [0.1, 0.15) is 0 Å². The average molecular weight is 195 g/mol. The summed E-state index contributed by atoms with van der Waals surface area (Å²) in [6, 6.07) is 6.17. The molecule has 1 aromatic rings. The Morgan fingerprint density at radius 3 is 2.70 bits per heavy atom. The second kappa shape index (κ2) is 3.24. The van der Waals surface area contributed by atoms with Gasteiger partial charge in [0.2, 0.25) is 0 Å². The van der Waals surface area contributed by atoms with Crippen LogP contribution in [0.4, 0.5) is 0 Å². The summed E-state index contributed by atoms with van der Waals surface area (Å²) in [6.07, 6.45) is 0.599. The molecule has 0 fully saturated rings. The van der Waals surface area contributed by atoms with Gasteiger partial charge in [0, 0.05) is 4.47 Å². The fourth-order valence-corrected chi connectivity index (χ4v) is 1.27. The lowest BCUT2D eigenvalue weighted by Crippen LogP contribution is -1.86. The van der Waals surface area contributed by atoms with Gasteiger partial charge in [0.05, 0.1) is 7.85 Å². The van der Waals surface area contributed by atoms with E-state index in [9.17, 15) is 0 Å². The van der Waals surface area contributed by atoms with Gasteiger partial charge in [-0.2, -0.15) is 0 Å². The molecule has 0 atom stereocenters. The molecule has 2 radical (unpaired) electrons. The van der Waals surface area contributed by atoms with E-state index in [0.29, 0.717) is 6.32 Å². The molecule has 0 nitrogen and oxygen atoms in total. The Labute approximate surface area is 71.2 Å². The number of halogens is 1. The van der Waals surface area contributed by atoms with Gasteiger partial charge >= 0.3 is 0 Å². The zero-order valence-corrected chi connectivity index (χ0v) is 7.48. The summed E-state index contributed by atoms with van der Waals surface area (Å²) in [5.74, 6) is 0. The van der Waals surface area contributed by atoms with Crippen molar-refractivity contribution in [2.75, 3.05) is 0 Å². The third-order valence-electron chi connectivity index (χ3n) is 1.42. The van der Waals surface area contributed by atoms with E-state index in [-0.39, 0.29) is 0 Å². The van der Waals surface area contributed by atoms with Crippen LogP contribution in [0, 0.1) is 6.92 Å². The van der Waals surface area contributed by atoms with Crippen LogP contribution in [0.15, 0.2) is 22.7 Å². The molecule has 0 unspecified atom stereocenters. The van der Waals surface area contributed by atoms with E-state index in [1.54, 1.807) is 0 Å². The van der Waals surface area contributed by atoms with Gasteiger partial charge < -0.3 is 0 Å². The number of hydrogen-bond donors (Lipinski definition) is 0. The van der Waals surface area contributed by atoms with E-state index in [1.165, 1.54) is 11.1 Å². The Bertz CT molecular complexity index is 233. The Kier molecular flexibility index (Phi) is 2.55. The molecule has 0 aliphatic heterocycles. The maximum Gasteiger partial charge on any atom is 0.0717 e. The standard InChI is InChI=1S/C8H8BBr/c1-6-2-3-8(10)7(4-6)5-9/h2-4H,5H2,1H3. The zero-order chi connectivity index (χ0) is 7.56. The first-order valence-corrected chi connectivity index (χ1v) is 3.98. The fraction of sp³-hybridized carbons (Fsp3) is 0.250. The zero-order valence-electron chi connectivity index (χ0n) is 5.89. The van der Waals surface area contributed by atoms with Gasteiger partial charge in [-0.25, -0.2) is 0 Å². The summed E-state index contributed by atoms with van der Waals surface area (Å²) in [5.41, 5.74) is 2.42. The minimum Gasteiger partial charge on any atom is -0.0632 e. The normalized spacial score (nSPS) is 9.80. The van der Waals surface area contributed by atoms with E-state index in [1.807, 2.05) is 6.07 Å². The predicted octanol–water partition coefficient (Wildman–Crippen LogP) is 2.43. The molecule has 1 aromatic carbocycles. The van der Waals surface area contributed by atoms with Crippen molar-refractivity contribution in [3.8, 4) is 0 Å². The van der Waals surface area contributed by atoms with E-state index in [0.717, 1.165) is 4.47 Å². The molecular formula is C8H8BBr. The van der Waals surface area contributed by atoms with Crippen LogP contribution in [0.25, 0.3) is 0 Å². The molecular weight excluding hydrogens is 187 g/mol. The molecule has 0 saturated heterocycles. The minimum atomic E-state index is 0.599. The first-order valence-electron chi connectivity index (χ1n) is 3.19. The molecule has 0 bridgehead atoms. The summed E-state index contributed by atoms with van der Waals surface area (Å²) in [6.45, 7) is 2.06. The minimum absolute atomic E-state index is 0.599. The molecule has 0 aromatic heterocycles. The van der Waals surface area contributed by atoms with Gasteiger partial charge in [-0.15, -0.1) is 0 Å². The third-order valence-corrected chi connectivity index (χ3v) is 2.19. The SMILES string of the molecule is [B]Cc1cc(C)ccc1Br. The first-order chi connectivity index (χ1) is 4.74.